The molecule has 0 aromatic carbocycles. The van der Waals surface area contributed by atoms with E-state index in [0.717, 1.165) is 51.3 Å². The van der Waals surface area contributed by atoms with Crippen LogP contribution in [0.1, 0.15) is 32.6 Å². The fourth-order valence-electron chi connectivity index (χ4n) is 2.75. The topological polar surface area (TPSA) is 83.0 Å². The van der Waals surface area contributed by atoms with E-state index in [2.05, 4.69) is 20.5 Å². The molecule has 7 nitrogen and oxygen atoms in total. The minimum absolute atomic E-state index is 0.00282. The van der Waals surface area contributed by atoms with Gasteiger partial charge in [0.25, 0.3) is 0 Å². The maximum absolute atomic E-state index is 11.6. The van der Waals surface area contributed by atoms with Crippen molar-refractivity contribution >= 4 is 17.8 Å². The van der Waals surface area contributed by atoms with Crippen molar-refractivity contribution in [1.82, 2.24) is 15.5 Å². The first-order valence-corrected chi connectivity index (χ1v) is 8.54. The normalized spacial score (nSPS) is 19.4. The fraction of sp³-hybridized carbons (Fsp3) is 0.812. The molecule has 0 spiro atoms. The lowest BCUT2D eigenvalue weighted by molar-refractivity contribution is -0.146. The Kier molecular flexibility index (Phi) is 6.67. The summed E-state index contributed by atoms with van der Waals surface area (Å²) in [7, 11) is 1.44. The number of esters is 1. The van der Waals surface area contributed by atoms with Crippen molar-refractivity contribution < 1.29 is 14.3 Å². The molecule has 23 heavy (non-hydrogen) atoms. The van der Waals surface area contributed by atoms with Crippen LogP contribution in [0.3, 0.4) is 0 Å². The third-order valence-corrected chi connectivity index (χ3v) is 4.28. The van der Waals surface area contributed by atoms with Crippen LogP contribution in [0.25, 0.3) is 0 Å². The number of aliphatic imine (C=N–C) groups is 1. The zero-order valence-electron chi connectivity index (χ0n) is 14.1. The van der Waals surface area contributed by atoms with Gasteiger partial charge in [0.15, 0.2) is 5.96 Å². The number of methoxy groups -OCH3 is 1. The molecule has 1 heterocycles. The summed E-state index contributed by atoms with van der Waals surface area (Å²) in [5, 5.41) is 6.20. The Bertz CT molecular complexity index is 441. The molecule has 0 atom stereocenters. The maximum atomic E-state index is 11.6. The number of amides is 1. The molecule has 2 rings (SSSR count). The van der Waals surface area contributed by atoms with Crippen LogP contribution in [-0.2, 0) is 14.3 Å². The summed E-state index contributed by atoms with van der Waals surface area (Å²) < 4.78 is 4.82. The third kappa shape index (κ3) is 5.41. The van der Waals surface area contributed by atoms with Gasteiger partial charge in [0.05, 0.1) is 19.6 Å². The van der Waals surface area contributed by atoms with Crippen LogP contribution in [0.15, 0.2) is 4.99 Å². The quantitative estimate of drug-likeness (QED) is 0.319. The summed E-state index contributed by atoms with van der Waals surface area (Å²) in [5.41, 5.74) is 0. The number of hydrogen-bond donors (Lipinski definition) is 2. The number of likely N-dealkylation sites (tertiary alicyclic amines) is 1. The molecule has 2 fully saturated rings. The highest BCUT2D eigenvalue weighted by molar-refractivity contribution is 5.81. The van der Waals surface area contributed by atoms with Crippen molar-refractivity contribution in [3.63, 3.8) is 0 Å². The first kappa shape index (κ1) is 17.6. The van der Waals surface area contributed by atoms with Crippen LogP contribution in [0.5, 0.6) is 0 Å². The highest BCUT2D eigenvalue weighted by Crippen LogP contribution is 2.28. The highest BCUT2D eigenvalue weighted by atomic mass is 16.5. The number of hydrogen-bond acceptors (Lipinski definition) is 4. The number of nitrogens with one attached hydrogen (secondary N) is 2. The van der Waals surface area contributed by atoms with Gasteiger partial charge in [0, 0.05) is 32.1 Å². The summed E-state index contributed by atoms with van der Waals surface area (Å²) >= 11 is 0. The summed E-state index contributed by atoms with van der Waals surface area (Å²) in [4.78, 5) is 29.9. The van der Waals surface area contributed by atoms with Crippen LogP contribution in [-0.4, -0.2) is 62.6 Å². The zero-order chi connectivity index (χ0) is 16.7. The van der Waals surface area contributed by atoms with Crippen LogP contribution in [0.2, 0.25) is 0 Å². The number of ether oxygens (including phenoxy) is 1. The number of rotatable bonds is 6. The molecular weight excluding hydrogens is 296 g/mol. The first-order valence-electron chi connectivity index (χ1n) is 8.54. The van der Waals surface area contributed by atoms with Gasteiger partial charge in [-0.05, 0) is 32.6 Å². The maximum Gasteiger partial charge on any atom is 0.308 e. The Hall–Kier alpha value is -1.79. The summed E-state index contributed by atoms with van der Waals surface area (Å²) in [6.07, 6.45) is 3.62. The molecule has 0 unspecified atom stereocenters. The molecule has 0 bridgehead atoms. The lowest BCUT2D eigenvalue weighted by atomic mass is 9.97. The Labute approximate surface area is 137 Å². The summed E-state index contributed by atoms with van der Waals surface area (Å²) in [5.74, 6) is 1.14. The minimum atomic E-state index is -0.116. The molecule has 1 aliphatic carbocycles. The molecule has 1 saturated carbocycles. The number of piperidine rings is 1. The third-order valence-electron chi connectivity index (χ3n) is 4.28. The standard InChI is InChI=1S/C16H28N4O3/c1-3-17-16(19-9-8-18-14(21)12-4-5-12)20-10-6-13(7-11-20)15(22)23-2/h12-13H,3-11H2,1-2H3,(H,17,19)(H,18,21). The van der Waals surface area contributed by atoms with Crippen LogP contribution in [0.4, 0.5) is 0 Å². The van der Waals surface area contributed by atoms with Crippen molar-refractivity contribution in [2.45, 2.75) is 32.6 Å². The van der Waals surface area contributed by atoms with Crippen LogP contribution in [0, 0.1) is 11.8 Å². The molecule has 1 amide bonds. The van der Waals surface area contributed by atoms with Gasteiger partial charge in [-0.2, -0.15) is 0 Å². The molecule has 130 valence electrons. The van der Waals surface area contributed by atoms with Gasteiger partial charge >= 0.3 is 5.97 Å². The second kappa shape index (κ2) is 8.74. The Balaban J connectivity index is 1.77. The van der Waals surface area contributed by atoms with E-state index in [1.807, 2.05) is 6.92 Å². The lowest BCUT2D eigenvalue weighted by Gasteiger charge is -2.33. The Morgan fingerprint density at radius 1 is 1.13 bits per heavy atom. The van der Waals surface area contributed by atoms with E-state index < -0.39 is 0 Å². The number of carbonyl (C=O) groups is 2. The largest absolute Gasteiger partial charge is 0.469 e. The Morgan fingerprint density at radius 3 is 2.39 bits per heavy atom. The number of carbonyl (C=O) groups excluding carboxylic acids is 2. The van der Waals surface area contributed by atoms with E-state index in [4.69, 9.17) is 4.74 Å². The summed E-state index contributed by atoms with van der Waals surface area (Å²) in [6, 6.07) is 0. The second-order valence-corrected chi connectivity index (χ2v) is 6.09. The van der Waals surface area contributed by atoms with Crippen LogP contribution < -0.4 is 10.6 Å². The van der Waals surface area contributed by atoms with E-state index in [-0.39, 0.29) is 23.7 Å². The van der Waals surface area contributed by atoms with Gasteiger partial charge in [-0.3, -0.25) is 14.6 Å². The zero-order valence-corrected chi connectivity index (χ0v) is 14.1. The molecule has 0 aromatic rings. The van der Waals surface area contributed by atoms with Crippen molar-refractivity contribution in [3.8, 4) is 0 Å². The van der Waals surface area contributed by atoms with Gasteiger partial charge in [-0.15, -0.1) is 0 Å². The van der Waals surface area contributed by atoms with E-state index in [1.54, 1.807) is 0 Å². The predicted octanol–water partition coefficient (Wildman–Crippen LogP) is 0.363. The molecule has 0 radical (unpaired) electrons. The van der Waals surface area contributed by atoms with Crippen LogP contribution >= 0.6 is 0 Å². The van der Waals surface area contributed by atoms with Gasteiger partial charge in [0.1, 0.15) is 0 Å². The summed E-state index contributed by atoms with van der Waals surface area (Å²) in [6.45, 7) is 5.55. The predicted molar refractivity (Wildman–Crippen MR) is 88.0 cm³/mol. The second-order valence-electron chi connectivity index (χ2n) is 6.09. The lowest BCUT2D eigenvalue weighted by Crippen LogP contribution is -2.47. The molecular formula is C16H28N4O3. The molecule has 1 aliphatic heterocycles. The SMILES string of the molecule is CCNC(=NCCNC(=O)C1CC1)N1CCC(C(=O)OC)CC1. The van der Waals surface area contributed by atoms with Gasteiger partial charge in [-0.1, -0.05) is 0 Å². The van der Waals surface area contributed by atoms with Gasteiger partial charge in [0.2, 0.25) is 5.91 Å². The smallest absolute Gasteiger partial charge is 0.308 e. The van der Waals surface area contributed by atoms with E-state index in [9.17, 15) is 9.59 Å². The number of guanidine groups is 1. The van der Waals surface area contributed by atoms with E-state index in [1.165, 1.54) is 7.11 Å². The fourth-order valence-corrected chi connectivity index (χ4v) is 2.75. The minimum Gasteiger partial charge on any atom is -0.469 e. The number of nitrogens with zero attached hydrogens (tertiary/aromatic N) is 2. The highest BCUT2D eigenvalue weighted by Gasteiger charge is 2.29. The van der Waals surface area contributed by atoms with Gasteiger partial charge in [-0.25, -0.2) is 0 Å². The molecule has 2 N–H and O–H groups in total. The molecule has 1 saturated heterocycles. The molecule has 7 heteroatoms. The Morgan fingerprint density at radius 2 is 1.83 bits per heavy atom. The molecule has 0 aromatic heterocycles. The molecule has 2 aliphatic rings. The van der Waals surface area contributed by atoms with Crippen molar-refractivity contribution in [2.75, 3.05) is 39.8 Å². The van der Waals surface area contributed by atoms with Gasteiger partial charge < -0.3 is 20.3 Å². The van der Waals surface area contributed by atoms with Crippen molar-refractivity contribution in [1.29, 1.82) is 0 Å². The first-order chi connectivity index (χ1) is 11.2. The van der Waals surface area contributed by atoms with E-state index in [0.29, 0.717) is 13.1 Å². The van der Waals surface area contributed by atoms with Crippen molar-refractivity contribution in [2.24, 2.45) is 16.8 Å². The average molecular weight is 324 g/mol. The average Bonchev–Trinajstić information content (AvgIpc) is 3.42. The monoisotopic (exact) mass is 324 g/mol. The van der Waals surface area contributed by atoms with E-state index >= 15 is 0 Å². The van der Waals surface area contributed by atoms with Crippen molar-refractivity contribution in [3.05, 3.63) is 0 Å².